The van der Waals surface area contributed by atoms with Crippen molar-refractivity contribution in [3.8, 4) is 0 Å². The first-order valence-electron chi connectivity index (χ1n) is 5.38. The van der Waals surface area contributed by atoms with Crippen molar-refractivity contribution in [2.45, 2.75) is 18.5 Å². The van der Waals surface area contributed by atoms with Crippen molar-refractivity contribution in [2.75, 3.05) is 5.32 Å². The second kappa shape index (κ2) is 3.35. The van der Waals surface area contributed by atoms with Crippen molar-refractivity contribution in [3.05, 3.63) is 40.7 Å². The molecule has 4 heteroatoms. The summed E-state index contributed by atoms with van der Waals surface area (Å²) >= 11 is 0. The van der Waals surface area contributed by atoms with Crippen molar-refractivity contribution in [1.82, 2.24) is 4.98 Å². The molecule has 0 radical (unpaired) electrons. The number of rotatable bonds is 2. The summed E-state index contributed by atoms with van der Waals surface area (Å²) in [6.07, 6.45) is 0.967. The van der Waals surface area contributed by atoms with Crippen molar-refractivity contribution in [1.29, 1.82) is 0 Å². The Morgan fingerprint density at radius 3 is 2.88 bits per heavy atom. The van der Waals surface area contributed by atoms with Crippen LogP contribution in [0.5, 0.6) is 0 Å². The maximum Gasteiger partial charge on any atom is 0.257 e. The zero-order chi connectivity index (χ0) is 11.1. The predicted molar refractivity (Wildman–Crippen MR) is 64.6 cm³/mol. The number of aromatic amines is 1. The Balaban J connectivity index is 2.03. The summed E-state index contributed by atoms with van der Waals surface area (Å²) in [7, 11) is 0. The molecule has 0 spiro atoms. The van der Waals surface area contributed by atoms with Crippen LogP contribution in [0, 0.1) is 0 Å². The van der Waals surface area contributed by atoms with Gasteiger partial charge in [0, 0.05) is 17.5 Å². The van der Waals surface area contributed by atoms with Crippen LogP contribution in [0.4, 0.5) is 5.82 Å². The molecule has 82 valence electrons. The van der Waals surface area contributed by atoms with Gasteiger partial charge in [-0.15, -0.1) is 0 Å². The van der Waals surface area contributed by atoms with E-state index >= 15 is 0 Å². The molecule has 2 unspecified atom stereocenters. The topological polar surface area (TPSA) is 70.9 Å². The highest BCUT2D eigenvalue weighted by Crippen LogP contribution is 2.23. The third kappa shape index (κ3) is 1.57. The lowest BCUT2D eigenvalue weighted by Gasteiger charge is -2.05. The van der Waals surface area contributed by atoms with Crippen LogP contribution in [0.15, 0.2) is 35.1 Å². The summed E-state index contributed by atoms with van der Waals surface area (Å²) in [4.78, 5) is 14.6. The SMILES string of the molecule is NC1CC1Nc1cc2ccccc2c(=O)[nH]1. The first kappa shape index (κ1) is 9.42. The molecule has 1 aromatic carbocycles. The molecule has 16 heavy (non-hydrogen) atoms. The Morgan fingerprint density at radius 1 is 1.38 bits per heavy atom. The van der Waals surface area contributed by atoms with Crippen LogP contribution in [0.2, 0.25) is 0 Å². The number of pyridine rings is 1. The lowest BCUT2D eigenvalue weighted by molar-refractivity contribution is 0.995. The lowest BCUT2D eigenvalue weighted by atomic mass is 10.2. The van der Waals surface area contributed by atoms with E-state index in [4.69, 9.17) is 5.73 Å². The molecule has 3 rings (SSSR count). The zero-order valence-electron chi connectivity index (χ0n) is 8.73. The molecular formula is C12H13N3O. The summed E-state index contributed by atoms with van der Waals surface area (Å²) in [6.45, 7) is 0. The fourth-order valence-electron chi connectivity index (χ4n) is 1.87. The fourth-order valence-corrected chi connectivity index (χ4v) is 1.87. The van der Waals surface area contributed by atoms with Crippen LogP contribution in [0.1, 0.15) is 6.42 Å². The minimum atomic E-state index is -0.0604. The molecule has 0 bridgehead atoms. The molecule has 1 aliphatic carbocycles. The highest BCUT2D eigenvalue weighted by atomic mass is 16.1. The minimum absolute atomic E-state index is 0.0604. The quantitative estimate of drug-likeness (QED) is 0.701. The average Bonchev–Trinajstić information content (AvgIpc) is 2.94. The molecule has 2 atom stereocenters. The molecule has 4 nitrogen and oxygen atoms in total. The van der Waals surface area contributed by atoms with Gasteiger partial charge in [-0.05, 0) is 23.9 Å². The van der Waals surface area contributed by atoms with Crippen LogP contribution in [0.25, 0.3) is 10.8 Å². The summed E-state index contributed by atoms with van der Waals surface area (Å²) in [5, 5.41) is 4.88. The van der Waals surface area contributed by atoms with Gasteiger partial charge in [-0.25, -0.2) is 0 Å². The van der Waals surface area contributed by atoms with E-state index in [0.717, 1.165) is 17.6 Å². The average molecular weight is 215 g/mol. The molecule has 1 aliphatic rings. The molecule has 0 saturated heterocycles. The molecular weight excluding hydrogens is 202 g/mol. The number of fused-ring (bicyclic) bond motifs is 1. The van der Waals surface area contributed by atoms with Crippen molar-refractivity contribution in [2.24, 2.45) is 5.73 Å². The van der Waals surface area contributed by atoms with Gasteiger partial charge in [-0.2, -0.15) is 0 Å². The molecule has 1 fully saturated rings. The van der Waals surface area contributed by atoms with Gasteiger partial charge >= 0.3 is 0 Å². The normalized spacial score (nSPS) is 23.3. The second-order valence-corrected chi connectivity index (χ2v) is 4.25. The number of nitrogens with two attached hydrogens (primary N) is 1. The smallest absolute Gasteiger partial charge is 0.257 e. The maximum absolute atomic E-state index is 11.8. The Bertz CT molecular complexity index is 590. The largest absolute Gasteiger partial charge is 0.367 e. The predicted octanol–water partition coefficient (Wildman–Crippen LogP) is 1.04. The van der Waals surface area contributed by atoms with Gasteiger partial charge in [0.1, 0.15) is 5.82 Å². The van der Waals surface area contributed by atoms with Crippen LogP contribution in [-0.4, -0.2) is 17.1 Å². The Kier molecular flexibility index (Phi) is 1.97. The molecule has 0 amide bonds. The maximum atomic E-state index is 11.8. The molecule has 1 heterocycles. The van der Waals surface area contributed by atoms with E-state index in [-0.39, 0.29) is 11.6 Å². The van der Waals surface area contributed by atoms with E-state index < -0.39 is 0 Å². The number of aromatic nitrogens is 1. The molecule has 4 N–H and O–H groups in total. The molecule has 1 aromatic heterocycles. The van der Waals surface area contributed by atoms with Crippen LogP contribution in [-0.2, 0) is 0 Å². The van der Waals surface area contributed by atoms with Gasteiger partial charge in [-0.1, -0.05) is 18.2 Å². The number of hydrogen-bond acceptors (Lipinski definition) is 3. The number of H-pyrrole nitrogens is 1. The van der Waals surface area contributed by atoms with Gasteiger partial charge in [0.15, 0.2) is 0 Å². The molecule has 1 saturated carbocycles. The van der Waals surface area contributed by atoms with Crippen molar-refractivity contribution >= 4 is 16.6 Å². The van der Waals surface area contributed by atoms with E-state index in [2.05, 4.69) is 10.3 Å². The fraction of sp³-hybridized carbons (Fsp3) is 0.250. The van der Waals surface area contributed by atoms with E-state index in [1.54, 1.807) is 0 Å². The van der Waals surface area contributed by atoms with Crippen molar-refractivity contribution in [3.63, 3.8) is 0 Å². The van der Waals surface area contributed by atoms with E-state index in [1.807, 2.05) is 30.3 Å². The van der Waals surface area contributed by atoms with Crippen LogP contribution < -0.4 is 16.6 Å². The summed E-state index contributed by atoms with van der Waals surface area (Å²) in [5.74, 6) is 0.752. The summed E-state index contributed by atoms with van der Waals surface area (Å²) in [5.41, 5.74) is 5.65. The van der Waals surface area contributed by atoms with Gasteiger partial charge in [0.05, 0.1) is 0 Å². The highest BCUT2D eigenvalue weighted by Gasteiger charge is 2.33. The number of nitrogens with one attached hydrogen (secondary N) is 2. The van der Waals surface area contributed by atoms with Gasteiger partial charge in [0.25, 0.3) is 5.56 Å². The second-order valence-electron chi connectivity index (χ2n) is 4.25. The zero-order valence-corrected chi connectivity index (χ0v) is 8.73. The Morgan fingerprint density at radius 2 is 2.12 bits per heavy atom. The van der Waals surface area contributed by atoms with Crippen molar-refractivity contribution < 1.29 is 0 Å². The van der Waals surface area contributed by atoms with E-state index in [9.17, 15) is 4.79 Å². The molecule has 2 aromatic rings. The monoisotopic (exact) mass is 215 g/mol. The minimum Gasteiger partial charge on any atom is -0.367 e. The molecule has 0 aliphatic heterocycles. The van der Waals surface area contributed by atoms with E-state index in [1.165, 1.54) is 0 Å². The first-order chi connectivity index (χ1) is 7.74. The highest BCUT2D eigenvalue weighted by molar-refractivity contribution is 5.83. The third-order valence-electron chi connectivity index (χ3n) is 2.93. The summed E-state index contributed by atoms with van der Waals surface area (Å²) < 4.78 is 0. The Hall–Kier alpha value is -1.81. The van der Waals surface area contributed by atoms with Gasteiger partial charge in [0.2, 0.25) is 0 Å². The van der Waals surface area contributed by atoms with Crippen LogP contribution >= 0.6 is 0 Å². The number of benzene rings is 1. The van der Waals surface area contributed by atoms with Gasteiger partial charge in [-0.3, -0.25) is 4.79 Å². The third-order valence-corrected chi connectivity index (χ3v) is 2.93. The van der Waals surface area contributed by atoms with E-state index in [0.29, 0.717) is 11.4 Å². The van der Waals surface area contributed by atoms with Gasteiger partial charge < -0.3 is 16.0 Å². The van der Waals surface area contributed by atoms with Crippen LogP contribution in [0.3, 0.4) is 0 Å². The first-order valence-corrected chi connectivity index (χ1v) is 5.38. The number of anilines is 1. The summed E-state index contributed by atoms with van der Waals surface area (Å²) in [6, 6.07) is 10.0. The Labute approximate surface area is 92.5 Å². The standard InChI is InChI=1S/C12H13N3O/c13-9-6-10(9)14-11-5-7-3-1-2-4-8(7)12(16)15-11/h1-5,9-10H,6,13H2,(H2,14,15,16). The lowest BCUT2D eigenvalue weighted by Crippen LogP contribution is -2.16. The number of hydrogen-bond donors (Lipinski definition) is 3.